The highest BCUT2D eigenvalue weighted by molar-refractivity contribution is 6.31. The molecule has 0 unspecified atom stereocenters. The van der Waals surface area contributed by atoms with Crippen LogP contribution < -0.4 is 10.1 Å². The van der Waals surface area contributed by atoms with Gasteiger partial charge in [0, 0.05) is 16.8 Å². The molecule has 0 aromatic heterocycles. The Labute approximate surface area is 182 Å². The predicted octanol–water partition coefficient (Wildman–Crippen LogP) is 6.34. The molecule has 3 aromatic carbocycles. The lowest BCUT2D eigenvalue weighted by Gasteiger charge is -2.13. The van der Waals surface area contributed by atoms with Gasteiger partial charge >= 0.3 is 6.18 Å². The second-order valence-corrected chi connectivity index (χ2v) is 7.06. The molecule has 8 heteroatoms. The number of anilines is 1. The summed E-state index contributed by atoms with van der Waals surface area (Å²) in [4.78, 5) is 12.6. The van der Waals surface area contributed by atoms with E-state index >= 15 is 0 Å². The first-order valence-corrected chi connectivity index (χ1v) is 9.62. The Morgan fingerprint density at radius 3 is 2.42 bits per heavy atom. The largest absolute Gasteiger partial charge is 0.496 e. The van der Waals surface area contributed by atoms with Crippen LogP contribution in [0.25, 0.3) is 0 Å². The third kappa shape index (κ3) is 5.99. The molecule has 1 amide bonds. The van der Waals surface area contributed by atoms with Crippen molar-refractivity contribution >= 4 is 23.2 Å². The lowest BCUT2D eigenvalue weighted by atomic mass is 10.1. The van der Waals surface area contributed by atoms with E-state index in [0.29, 0.717) is 17.9 Å². The van der Waals surface area contributed by atoms with Crippen LogP contribution in [0.1, 0.15) is 27.0 Å². The zero-order valence-corrected chi connectivity index (χ0v) is 17.3. The van der Waals surface area contributed by atoms with Gasteiger partial charge in [-0.15, -0.1) is 0 Å². The summed E-state index contributed by atoms with van der Waals surface area (Å²) in [5.74, 6) is -0.0297. The molecule has 0 bridgehead atoms. The van der Waals surface area contributed by atoms with Gasteiger partial charge in [0.2, 0.25) is 0 Å². The molecule has 3 aromatic rings. The summed E-state index contributed by atoms with van der Waals surface area (Å²) in [7, 11) is 1.50. The van der Waals surface area contributed by atoms with Crippen LogP contribution in [-0.4, -0.2) is 13.0 Å². The van der Waals surface area contributed by atoms with Crippen molar-refractivity contribution in [3.05, 3.63) is 94.0 Å². The van der Waals surface area contributed by atoms with E-state index in [-0.39, 0.29) is 17.9 Å². The van der Waals surface area contributed by atoms with Crippen molar-refractivity contribution in [1.29, 1.82) is 0 Å². The molecule has 0 fully saturated rings. The maximum absolute atomic E-state index is 13.0. The minimum absolute atomic E-state index is 0.0144. The standard InChI is InChI=1S/C23H19ClF3NO3/c1-30-21-10-7-16(11-17(21)14-31-13-15-5-3-2-4-6-15)22(29)28-18-8-9-20(24)19(12-18)23(25,26)27/h2-12H,13-14H2,1H3,(H,28,29). The van der Waals surface area contributed by atoms with Crippen molar-refractivity contribution in [2.24, 2.45) is 0 Å². The van der Waals surface area contributed by atoms with Gasteiger partial charge in [0.15, 0.2) is 0 Å². The normalized spacial score (nSPS) is 11.3. The molecule has 0 spiro atoms. The van der Waals surface area contributed by atoms with Crippen molar-refractivity contribution in [1.82, 2.24) is 0 Å². The van der Waals surface area contributed by atoms with Gasteiger partial charge in [-0.05, 0) is 42.0 Å². The van der Waals surface area contributed by atoms with Crippen molar-refractivity contribution in [2.75, 3.05) is 12.4 Å². The van der Waals surface area contributed by atoms with E-state index in [9.17, 15) is 18.0 Å². The average molecular weight is 450 g/mol. The third-order valence-corrected chi connectivity index (χ3v) is 4.77. The quantitative estimate of drug-likeness (QED) is 0.458. The Bertz CT molecular complexity index is 1060. The van der Waals surface area contributed by atoms with Crippen LogP contribution in [0.3, 0.4) is 0 Å². The first-order valence-electron chi connectivity index (χ1n) is 9.24. The third-order valence-electron chi connectivity index (χ3n) is 4.44. The fourth-order valence-corrected chi connectivity index (χ4v) is 3.13. The number of carbonyl (C=O) groups excluding carboxylic acids is 1. The number of nitrogens with one attached hydrogen (secondary N) is 1. The second-order valence-electron chi connectivity index (χ2n) is 6.65. The summed E-state index contributed by atoms with van der Waals surface area (Å²) >= 11 is 5.62. The van der Waals surface area contributed by atoms with E-state index in [1.807, 2.05) is 30.3 Å². The molecule has 0 heterocycles. The summed E-state index contributed by atoms with van der Waals surface area (Å²) in [5, 5.41) is 2.03. The highest BCUT2D eigenvalue weighted by Crippen LogP contribution is 2.36. The summed E-state index contributed by atoms with van der Waals surface area (Å²) in [6.07, 6.45) is -4.62. The van der Waals surface area contributed by atoms with E-state index in [4.69, 9.17) is 21.1 Å². The van der Waals surface area contributed by atoms with Gasteiger partial charge in [0.1, 0.15) is 5.75 Å². The lowest BCUT2D eigenvalue weighted by Crippen LogP contribution is -2.14. The number of carbonyl (C=O) groups is 1. The van der Waals surface area contributed by atoms with Gasteiger partial charge in [-0.2, -0.15) is 13.2 Å². The van der Waals surface area contributed by atoms with E-state index in [1.54, 1.807) is 12.1 Å². The number of rotatable bonds is 7. The van der Waals surface area contributed by atoms with Crippen molar-refractivity contribution < 1.29 is 27.4 Å². The first kappa shape index (κ1) is 22.7. The molecule has 1 N–H and O–H groups in total. The van der Waals surface area contributed by atoms with Gasteiger partial charge in [0.25, 0.3) is 5.91 Å². The first-order chi connectivity index (χ1) is 14.8. The van der Waals surface area contributed by atoms with Crippen LogP contribution in [0.4, 0.5) is 18.9 Å². The molecule has 0 aliphatic carbocycles. The smallest absolute Gasteiger partial charge is 0.417 e. The summed E-state index contributed by atoms with van der Waals surface area (Å²) in [6, 6.07) is 17.5. The van der Waals surface area contributed by atoms with Crippen LogP contribution in [0.5, 0.6) is 5.75 Å². The Morgan fingerprint density at radius 2 is 1.74 bits per heavy atom. The topological polar surface area (TPSA) is 47.6 Å². The van der Waals surface area contributed by atoms with Crippen molar-refractivity contribution in [3.63, 3.8) is 0 Å². The number of halogens is 4. The Hall–Kier alpha value is -3.03. The molecule has 162 valence electrons. The van der Waals surface area contributed by atoms with Crippen molar-refractivity contribution in [2.45, 2.75) is 19.4 Å². The van der Waals surface area contributed by atoms with Crippen LogP contribution in [0, 0.1) is 0 Å². The molecule has 4 nitrogen and oxygen atoms in total. The van der Waals surface area contributed by atoms with Gasteiger partial charge in [0.05, 0.1) is 30.9 Å². The van der Waals surface area contributed by atoms with Crippen molar-refractivity contribution in [3.8, 4) is 5.75 Å². The predicted molar refractivity (Wildman–Crippen MR) is 112 cm³/mol. The van der Waals surface area contributed by atoms with Crippen LogP contribution in [-0.2, 0) is 24.1 Å². The Kier molecular flexibility index (Phi) is 7.20. The zero-order chi connectivity index (χ0) is 22.4. The van der Waals surface area contributed by atoms with E-state index in [2.05, 4.69) is 5.32 Å². The van der Waals surface area contributed by atoms with Crippen LogP contribution in [0.15, 0.2) is 66.7 Å². The monoisotopic (exact) mass is 449 g/mol. The highest BCUT2D eigenvalue weighted by atomic mass is 35.5. The number of ether oxygens (including phenoxy) is 2. The number of methoxy groups -OCH3 is 1. The minimum Gasteiger partial charge on any atom is -0.496 e. The molecular weight excluding hydrogens is 431 g/mol. The fourth-order valence-electron chi connectivity index (χ4n) is 2.91. The molecule has 3 rings (SSSR count). The second kappa shape index (κ2) is 9.85. The van der Waals surface area contributed by atoms with Gasteiger partial charge in [-0.25, -0.2) is 0 Å². The summed E-state index contributed by atoms with van der Waals surface area (Å²) < 4.78 is 50.2. The molecule has 0 saturated carbocycles. The van der Waals surface area contributed by atoms with Gasteiger partial charge in [-0.3, -0.25) is 4.79 Å². The summed E-state index contributed by atoms with van der Waals surface area (Å²) in [6.45, 7) is 0.573. The number of amides is 1. The zero-order valence-electron chi connectivity index (χ0n) is 16.5. The average Bonchev–Trinajstić information content (AvgIpc) is 2.75. The number of hydrogen-bond acceptors (Lipinski definition) is 3. The van der Waals surface area contributed by atoms with Crippen LogP contribution >= 0.6 is 11.6 Å². The molecular formula is C23H19ClF3NO3. The lowest BCUT2D eigenvalue weighted by molar-refractivity contribution is -0.137. The highest BCUT2D eigenvalue weighted by Gasteiger charge is 2.33. The number of hydrogen-bond donors (Lipinski definition) is 1. The fraction of sp³-hybridized carbons (Fsp3) is 0.174. The molecule has 0 radical (unpaired) electrons. The molecule has 0 aliphatic heterocycles. The maximum atomic E-state index is 13.0. The Balaban J connectivity index is 1.73. The van der Waals surface area contributed by atoms with E-state index < -0.39 is 22.7 Å². The summed E-state index contributed by atoms with van der Waals surface area (Å²) in [5.41, 5.74) is 0.857. The molecule has 0 atom stereocenters. The SMILES string of the molecule is COc1ccc(C(=O)Nc2ccc(Cl)c(C(F)(F)F)c2)cc1COCc1ccccc1. The van der Waals surface area contributed by atoms with Crippen LogP contribution in [0.2, 0.25) is 5.02 Å². The minimum atomic E-state index is -4.62. The van der Waals surface area contributed by atoms with E-state index in [1.165, 1.54) is 19.2 Å². The Morgan fingerprint density at radius 1 is 1.00 bits per heavy atom. The van der Waals surface area contributed by atoms with E-state index in [0.717, 1.165) is 17.7 Å². The number of benzene rings is 3. The number of alkyl halides is 3. The molecule has 0 saturated heterocycles. The van der Waals surface area contributed by atoms with Gasteiger partial charge in [-0.1, -0.05) is 41.9 Å². The maximum Gasteiger partial charge on any atom is 0.417 e. The molecule has 31 heavy (non-hydrogen) atoms. The van der Waals surface area contributed by atoms with Gasteiger partial charge < -0.3 is 14.8 Å². The molecule has 0 aliphatic rings.